The molecule has 2 rings (SSSR count). The number of hydrogen-bond acceptors (Lipinski definition) is 4. The molecule has 0 aliphatic carbocycles. The summed E-state index contributed by atoms with van der Waals surface area (Å²) in [4.78, 5) is 27.6. The number of hydrogen-bond donors (Lipinski definition) is 1. The predicted octanol–water partition coefficient (Wildman–Crippen LogP) is 5.40. The van der Waals surface area contributed by atoms with Crippen molar-refractivity contribution in [1.82, 2.24) is 10.2 Å². The normalized spacial score (nSPS) is 12.2. The fourth-order valence-electron chi connectivity index (χ4n) is 3.27. The molecule has 0 saturated carbocycles. The van der Waals surface area contributed by atoms with Crippen LogP contribution in [0.4, 0.5) is 5.69 Å². The summed E-state index contributed by atoms with van der Waals surface area (Å²) in [6.07, 6.45) is 2.63. The Kier molecular flexibility index (Phi) is 11.0. The first kappa shape index (κ1) is 29.5. The summed E-state index contributed by atoms with van der Waals surface area (Å²) in [5, 5.41) is 3.84. The van der Waals surface area contributed by atoms with E-state index in [9.17, 15) is 18.0 Å². The molecule has 0 radical (unpaired) electrons. The zero-order valence-electron chi connectivity index (χ0n) is 19.5. The van der Waals surface area contributed by atoms with E-state index < -0.39 is 28.5 Å². The molecule has 0 fully saturated rings. The number of unbranched alkanes of at least 4 members (excludes halogenated alkanes) is 1. The summed E-state index contributed by atoms with van der Waals surface area (Å²) < 4.78 is 26.1. The smallest absolute Gasteiger partial charge is 0.244 e. The molecule has 1 N–H and O–H groups in total. The van der Waals surface area contributed by atoms with E-state index >= 15 is 0 Å². The quantitative estimate of drug-likeness (QED) is 0.359. The van der Waals surface area contributed by atoms with Crippen LogP contribution in [-0.4, -0.2) is 50.5 Å². The van der Waals surface area contributed by atoms with E-state index in [1.165, 1.54) is 23.1 Å². The number of nitrogens with zero attached hydrogens (tertiary/aromatic N) is 2. The number of amides is 2. The van der Waals surface area contributed by atoms with E-state index in [0.717, 1.165) is 23.4 Å². The largest absolute Gasteiger partial charge is 0.354 e. The molecule has 35 heavy (non-hydrogen) atoms. The van der Waals surface area contributed by atoms with Crippen LogP contribution >= 0.6 is 46.4 Å². The fraction of sp³-hybridized carbons (Fsp3) is 0.391. The van der Waals surface area contributed by atoms with Crippen LogP contribution in [0.5, 0.6) is 0 Å². The Morgan fingerprint density at radius 3 is 2.11 bits per heavy atom. The number of anilines is 1. The molecule has 2 aromatic carbocycles. The first-order chi connectivity index (χ1) is 16.3. The zero-order valence-corrected chi connectivity index (χ0v) is 23.4. The molecule has 0 saturated heterocycles. The Labute approximate surface area is 226 Å². The van der Waals surface area contributed by atoms with Gasteiger partial charge in [0, 0.05) is 38.7 Å². The van der Waals surface area contributed by atoms with E-state index in [-0.39, 0.29) is 28.2 Å². The topological polar surface area (TPSA) is 86.8 Å². The van der Waals surface area contributed by atoms with Gasteiger partial charge in [0.1, 0.15) is 12.6 Å². The minimum Gasteiger partial charge on any atom is -0.354 e. The van der Waals surface area contributed by atoms with Gasteiger partial charge in [-0.15, -0.1) is 0 Å². The molecule has 1 unspecified atom stereocenters. The first-order valence-corrected chi connectivity index (χ1v) is 14.1. The van der Waals surface area contributed by atoms with E-state index in [2.05, 4.69) is 5.32 Å². The highest BCUT2D eigenvalue weighted by atomic mass is 35.5. The monoisotopic (exact) mass is 581 g/mol. The number of benzene rings is 2. The van der Waals surface area contributed by atoms with Gasteiger partial charge in [-0.2, -0.15) is 0 Å². The summed E-state index contributed by atoms with van der Waals surface area (Å²) >= 11 is 24.7. The van der Waals surface area contributed by atoms with Gasteiger partial charge >= 0.3 is 0 Å². The van der Waals surface area contributed by atoms with Gasteiger partial charge in [0.05, 0.1) is 11.9 Å². The molecule has 7 nitrogen and oxygen atoms in total. The molecule has 192 valence electrons. The van der Waals surface area contributed by atoms with E-state index in [1.54, 1.807) is 25.1 Å². The summed E-state index contributed by atoms with van der Waals surface area (Å²) in [6.45, 7) is 3.31. The molecule has 2 amide bonds. The molecule has 0 heterocycles. The Balaban J connectivity index is 2.44. The van der Waals surface area contributed by atoms with Crippen LogP contribution in [-0.2, 0) is 26.2 Å². The summed E-state index contributed by atoms with van der Waals surface area (Å²) in [6, 6.07) is 8.19. The van der Waals surface area contributed by atoms with Gasteiger partial charge in [-0.25, -0.2) is 8.42 Å². The summed E-state index contributed by atoms with van der Waals surface area (Å²) in [5.74, 6) is -1.02. The minimum absolute atomic E-state index is 0.104. The fourth-order valence-corrected chi connectivity index (χ4v) is 5.13. The van der Waals surface area contributed by atoms with Crippen LogP contribution in [0.15, 0.2) is 36.4 Å². The molecule has 1 atom stereocenters. The second-order valence-corrected chi connectivity index (χ2v) is 11.5. The van der Waals surface area contributed by atoms with Crippen molar-refractivity contribution in [3.8, 4) is 0 Å². The minimum atomic E-state index is -3.92. The Morgan fingerprint density at radius 1 is 1.03 bits per heavy atom. The van der Waals surface area contributed by atoms with Gasteiger partial charge in [0.25, 0.3) is 0 Å². The lowest BCUT2D eigenvalue weighted by atomic mass is 10.1. The molecule has 0 aliphatic heterocycles. The van der Waals surface area contributed by atoms with Crippen molar-refractivity contribution >= 4 is 73.9 Å². The third-order valence-electron chi connectivity index (χ3n) is 5.20. The van der Waals surface area contributed by atoms with E-state index in [4.69, 9.17) is 46.4 Å². The van der Waals surface area contributed by atoms with Gasteiger partial charge in [0.15, 0.2) is 0 Å². The number of carbonyl (C=O) groups is 2. The van der Waals surface area contributed by atoms with Crippen molar-refractivity contribution in [3.63, 3.8) is 0 Å². The van der Waals surface area contributed by atoms with Gasteiger partial charge in [-0.05, 0) is 43.7 Å². The lowest BCUT2D eigenvalue weighted by Gasteiger charge is -2.32. The first-order valence-electron chi connectivity index (χ1n) is 10.8. The third kappa shape index (κ3) is 8.43. The van der Waals surface area contributed by atoms with Crippen LogP contribution in [0.1, 0.15) is 32.3 Å². The number of carbonyl (C=O) groups excluding carboxylic acids is 2. The highest BCUT2D eigenvalue weighted by Gasteiger charge is 2.31. The van der Waals surface area contributed by atoms with E-state index in [1.807, 2.05) is 6.92 Å². The standard InChI is InChI=1S/C23H27Cl4N3O4S/c1-4-5-9-28-23(32)15(2)29(13-19-20(26)7-6-8-21(19)27)22(31)14-30(35(3,33)34)18-11-16(24)10-17(25)12-18/h6-8,10-12,15H,4-5,9,13-14H2,1-3H3,(H,28,32). The lowest BCUT2D eigenvalue weighted by molar-refractivity contribution is -0.139. The average molecular weight is 583 g/mol. The molecule has 0 spiro atoms. The van der Waals surface area contributed by atoms with Crippen molar-refractivity contribution < 1.29 is 18.0 Å². The molecular weight excluding hydrogens is 556 g/mol. The second-order valence-electron chi connectivity index (χ2n) is 7.94. The van der Waals surface area contributed by atoms with Crippen molar-refractivity contribution in [2.45, 2.75) is 39.3 Å². The van der Waals surface area contributed by atoms with Gasteiger partial charge in [-0.1, -0.05) is 65.8 Å². The lowest BCUT2D eigenvalue weighted by Crippen LogP contribution is -2.51. The Hall–Kier alpha value is -1.71. The number of sulfonamides is 1. The maximum Gasteiger partial charge on any atom is 0.244 e. The third-order valence-corrected chi connectivity index (χ3v) is 7.49. The summed E-state index contributed by atoms with van der Waals surface area (Å²) in [7, 11) is -3.92. The Bertz CT molecular complexity index is 1140. The van der Waals surface area contributed by atoms with Crippen molar-refractivity contribution in [3.05, 3.63) is 62.1 Å². The maximum atomic E-state index is 13.5. The van der Waals surface area contributed by atoms with Crippen molar-refractivity contribution in [2.24, 2.45) is 0 Å². The highest BCUT2D eigenvalue weighted by Crippen LogP contribution is 2.29. The molecule has 12 heteroatoms. The van der Waals surface area contributed by atoms with Gasteiger partial charge < -0.3 is 10.2 Å². The van der Waals surface area contributed by atoms with Gasteiger partial charge in [-0.3, -0.25) is 13.9 Å². The molecule has 0 bridgehead atoms. The highest BCUT2D eigenvalue weighted by molar-refractivity contribution is 7.92. The molecule has 2 aromatic rings. The van der Waals surface area contributed by atoms with Crippen LogP contribution < -0.4 is 9.62 Å². The van der Waals surface area contributed by atoms with Crippen LogP contribution in [0.25, 0.3) is 0 Å². The zero-order chi connectivity index (χ0) is 26.3. The molecular formula is C23H27Cl4N3O4S. The van der Waals surface area contributed by atoms with Crippen LogP contribution in [0.2, 0.25) is 20.1 Å². The Morgan fingerprint density at radius 2 is 1.60 bits per heavy atom. The van der Waals surface area contributed by atoms with Crippen LogP contribution in [0.3, 0.4) is 0 Å². The SMILES string of the molecule is CCCCNC(=O)C(C)N(Cc1c(Cl)cccc1Cl)C(=O)CN(c1cc(Cl)cc(Cl)c1)S(C)(=O)=O. The van der Waals surface area contributed by atoms with Crippen molar-refractivity contribution in [1.29, 1.82) is 0 Å². The molecule has 0 aromatic heterocycles. The summed E-state index contributed by atoms with van der Waals surface area (Å²) in [5.41, 5.74) is 0.559. The average Bonchev–Trinajstić information content (AvgIpc) is 2.75. The van der Waals surface area contributed by atoms with E-state index in [0.29, 0.717) is 22.2 Å². The predicted molar refractivity (Wildman–Crippen MR) is 143 cm³/mol. The number of rotatable bonds is 11. The van der Waals surface area contributed by atoms with Crippen molar-refractivity contribution in [2.75, 3.05) is 23.7 Å². The van der Waals surface area contributed by atoms with Crippen LogP contribution in [0, 0.1) is 0 Å². The van der Waals surface area contributed by atoms with Gasteiger partial charge in [0.2, 0.25) is 21.8 Å². The number of nitrogens with one attached hydrogen (secondary N) is 1. The number of halogens is 4. The second kappa shape index (κ2) is 13.0. The molecule has 0 aliphatic rings. The maximum absolute atomic E-state index is 13.5.